The molecule has 3 rings (SSSR count). The highest BCUT2D eigenvalue weighted by Crippen LogP contribution is 2.13. The Morgan fingerprint density at radius 2 is 1.88 bits per heavy atom. The van der Waals surface area contributed by atoms with E-state index in [1.54, 1.807) is 25.3 Å². The Morgan fingerprint density at radius 1 is 1.15 bits per heavy atom. The molecule has 1 aromatic carbocycles. The van der Waals surface area contributed by atoms with E-state index < -0.39 is 0 Å². The number of nitrogens with zero attached hydrogens (tertiary/aromatic N) is 2. The number of H-pyrrole nitrogens is 1. The fourth-order valence-corrected chi connectivity index (χ4v) is 2.72. The van der Waals surface area contributed by atoms with Crippen LogP contribution in [0.5, 0.6) is 0 Å². The topological polar surface area (TPSA) is 87.7 Å². The first kappa shape index (κ1) is 17.5. The van der Waals surface area contributed by atoms with Crippen LogP contribution in [0, 0.1) is 6.92 Å². The van der Waals surface area contributed by atoms with Gasteiger partial charge in [-0.2, -0.15) is 0 Å². The molecule has 0 radical (unpaired) electrons. The van der Waals surface area contributed by atoms with E-state index in [1.165, 1.54) is 0 Å². The zero-order valence-corrected chi connectivity index (χ0v) is 14.7. The van der Waals surface area contributed by atoms with E-state index >= 15 is 0 Å². The van der Waals surface area contributed by atoms with Gasteiger partial charge < -0.3 is 10.3 Å². The second-order valence-electron chi connectivity index (χ2n) is 6.07. The summed E-state index contributed by atoms with van der Waals surface area (Å²) in [5, 5.41) is 2.91. The van der Waals surface area contributed by atoms with Gasteiger partial charge in [-0.25, -0.2) is 4.98 Å². The van der Waals surface area contributed by atoms with E-state index in [9.17, 15) is 9.59 Å². The minimum absolute atomic E-state index is 0.0200. The minimum atomic E-state index is -0.319. The van der Waals surface area contributed by atoms with E-state index in [1.807, 2.05) is 43.3 Å². The number of hydrogen-bond acceptors (Lipinski definition) is 4. The average molecular weight is 348 g/mol. The van der Waals surface area contributed by atoms with E-state index in [0.29, 0.717) is 22.8 Å². The lowest BCUT2D eigenvalue weighted by atomic mass is 10.1. The Kier molecular flexibility index (Phi) is 5.22. The molecule has 6 nitrogen and oxygen atoms in total. The van der Waals surface area contributed by atoms with Gasteiger partial charge in [0.25, 0.3) is 5.56 Å². The van der Waals surface area contributed by atoms with Crippen molar-refractivity contribution in [3.63, 3.8) is 0 Å². The first-order valence-electron chi connectivity index (χ1n) is 8.40. The van der Waals surface area contributed by atoms with Gasteiger partial charge >= 0.3 is 0 Å². The van der Waals surface area contributed by atoms with Gasteiger partial charge in [0, 0.05) is 17.5 Å². The Hall–Kier alpha value is -3.28. The Bertz CT molecular complexity index is 953. The highest BCUT2D eigenvalue weighted by atomic mass is 16.2. The molecule has 2 heterocycles. The number of aryl methyl sites for hydroxylation is 1. The maximum atomic E-state index is 12.4. The van der Waals surface area contributed by atoms with Gasteiger partial charge in [0.15, 0.2) is 5.82 Å². The van der Waals surface area contributed by atoms with Gasteiger partial charge in [-0.05, 0) is 31.5 Å². The molecule has 2 N–H and O–H groups in total. The normalized spacial score (nSPS) is 11.8. The molecule has 6 heteroatoms. The molecule has 26 heavy (non-hydrogen) atoms. The van der Waals surface area contributed by atoms with Crippen LogP contribution in [0.25, 0.3) is 11.5 Å². The lowest BCUT2D eigenvalue weighted by molar-refractivity contribution is -0.121. The van der Waals surface area contributed by atoms with Gasteiger partial charge in [0.1, 0.15) is 5.69 Å². The number of aromatic nitrogens is 3. The molecule has 0 spiro atoms. The second kappa shape index (κ2) is 7.74. The van der Waals surface area contributed by atoms with Crippen LogP contribution < -0.4 is 10.9 Å². The smallest absolute Gasteiger partial charge is 0.255 e. The van der Waals surface area contributed by atoms with Crippen molar-refractivity contribution < 1.29 is 4.79 Å². The number of amides is 1. The van der Waals surface area contributed by atoms with Gasteiger partial charge in [-0.1, -0.05) is 36.4 Å². The Labute approximate surface area is 151 Å². The number of carbonyl (C=O) groups excluding carboxylic acids is 1. The number of carbonyl (C=O) groups is 1. The number of rotatable bonds is 5. The Balaban J connectivity index is 1.76. The first-order valence-corrected chi connectivity index (χ1v) is 8.40. The number of benzene rings is 1. The first-order chi connectivity index (χ1) is 12.5. The summed E-state index contributed by atoms with van der Waals surface area (Å²) in [5.41, 5.74) is 2.16. The quantitative estimate of drug-likeness (QED) is 0.742. The van der Waals surface area contributed by atoms with Crippen molar-refractivity contribution in [3.8, 4) is 11.5 Å². The highest BCUT2D eigenvalue weighted by molar-refractivity contribution is 5.79. The van der Waals surface area contributed by atoms with Crippen molar-refractivity contribution in [2.45, 2.75) is 26.3 Å². The number of pyridine rings is 1. The molecule has 0 unspecified atom stereocenters. The van der Waals surface area contributed by atoms with Crippen molar-refractivity contribution in [2.24, 2.45) is 0 Å². The fraction of sp³-hybridized carbons (Fsp3) is 0.200. The summed E-state index contributed by atoms with van der Waals surface area (Å²) in [7, 11) is 0. The van der Waals surface area contributed by atoms with Gasteiger partial charge in [-0.15, -0.1) is 0 Å². The van der Waals surface area contributed by atoms with E-state index in [-0.39, 0.29) is 23.9 Å². The standard InChI is InChI=1S/C20H20N4O2/c1-13(15-8-4-3-5-9-15)22-18(25)12-16-14(2)23-19(24-20(16)26)17-10-6-7-11-21-17/h3-11,13H,12H2,1-2H3,(H,22,25)(H,23,24,26)/t13-/m0/s1. The largest absolute Gasteiger partial charge is 0.349 e. The van der Waals surface area contributed by atoms with Crippen molar-refractivity contribution in [1.29, 1.82) is 0 Å². The second-order valence-corrected chi connectivity index (χ2v) is 6.07. The predicted molar refractivity (Wildman–Crippen MR) is 99.5 cm³/mol. The average Bonchev–Trinajstić information content (AvgIpc) is 2.66. The molecule has 0 aliphatic rings. The van der Waals surface area contributed by atoms with Crippen LogP contribution in [-0.2, 0) is 11.2 Å². The molecular weight excluding hydrogens is 328 g/mol. The zero-order chi connectivity index (χ0) is 18.5. The van der Waals surface area contributed by atoms with Gasteiger partial charge in [0.05, 0.1) is 12.5 Å². The molecule has 132 valence electrons. The summed E-state index contributed by atoms with van der Waals surface area (Å²) >= 11 is 0. The van der Waals surface area contributed by atoms with Crippen LogP contribution in [0.1, 0.15) is 29.8 Å². The molecule has 0 aliphatic carbocycles. The Morgan fingerprint density at radius 3 is 2.54 bits per heavy atom. The van der Waals surface area contributed by atoms with Crippen molar-refractivity contribution >= 4 is 5.91 Å². The molecule has 2 aromatic heterocycles. The van der Waals surface area contributed by atoms with E-state index in [4.69, 9.17) is 0 Å². The molecule has 0 saturated heterocycles. The van der Waals surface area contributed by atoms with Crippen LogP contribution in [0.15, 0.2) is 59.5 Å². The maximum Gasteiger partial charge on any atom is 0.255 e. The number of nitrogens with one attached hydrogen (secondary N) is 2. The van der Waals surface area contributed by atoms with E-state index in [0.717, 1.165) is 5.56 Å². The maximum absolute atomic E-state index is 12.4. The van der Waals surface area contributed by atoms with E-state index in [2.05, 4.69) is 20.3 Å². The molecule has 0 aliphatic heterocycles. The fourth-order valence-electron chi connectivity index (χ4n) is 2.72. The lowest BCUT2D eigenvalue weighted by Gasteiger charge is -2.14. The van der Waals surface area contributed by atoms with Gasteiger partial charge in [0.2, 0.25) is 5.91 Å². The van der Waals surface area contributed by atoms with Crippen molar-refractivity contribution in [2.75, 3.05) is 0 Å². The SMILES string of the molecule is Cc1nc(-c2ccccn2)[nH]c(=O)c1CC(=O)N[C@@H](C)c1ccccc1. The minimum Gasteiger partial charge on any atom is -0.349 e. The van der Waals surface area contributed by atoms with Crippen LogP contribution >= 0.6 is 0 Å². The van der Waals surface area contributed by atoms with Crippen molar-refractivity contribution in [3.05, 3.63) is 81.9 Å². The van der Waals surface area contributed by atoms with Crippen molar-refractivity contribution in [1.82, 2.24) is 20.3 Å². The summed E-state index contributed by atoms with van der Waals surface area (Å²) in [6.45, 7) is 3.64. The lowest BCUT2D eigenvalue weighted by Crippen LogP contribution is -2.31. The molecule has 0 bridgehead atoms. The summed E-state index contributed by atoms with van der Waals surface area (Å²) in [5.74, 6) is 0.178. The zero-order valence-electron chi connectivity index (χ0n) is 14.7. The molecule has 0 fully saturated rings. The molecule has 1 amide bonds. The van der Waals surface area contributed by atoms with Crippen LogP contribution in [0.3, 0.4) is 0 Å². The third kappa shape index (κ3) is 4.03. The van der Waals surface area contributed by atoms with Crippen LogP contribution in [0.2, 0.25) is 0 Å². The van der Waals surface area contributed by atoms with Crippen LogP contribution in [0.4, 0.5) is 0 Å². The van der Waals surface area contributed by atoms with Gasteiger partial charge in [-0.3, -0.25) is 14.6 Å². The summed E-state index contributed by atoms with van der Waals surface area (Å²) in [4.78, 5) is 36.1. The summed E-state index contributed by atoms with van der Waals surface area (Å²) in [6.07, 6.45) is 1.62. The third-order valence-corrected chi connectivity index (χ3v) is 4.14. The monoisotopic (exact) mass is 348 g/mol. The third-order valence-electron chi connectivity index (χ3n) is 4.14. The highest BCUT2D eigenvalue weighted by Gasteiger charge is 2.15. The number of aromatic amines is 1. The summed E-state index contributed by atoms with van der Waals surface area (Å²) in [6, 6.07) is 14.9. The molecule has 3 aromatic rings. The predicted octanol–water partition coefficient (Wildman–Crippen LogP) is 2.56. The van der Waals surface area contributed by atoms with Crippen LogP contribution in [-0.4, -0.2) is 20.9 Å². The summed E-state index contributed by atoms with van der Waals surface area (Å²) < 4.78 is 0. The number of hydrogen-bond donors (Lipinski definition) is 2. The molecule has 1 atom stereocenters. The molecular formula is C20H20N4O2. The molecule has 0 saturated carbocycles.